The van der Waals surface area contributed by atoms with Gasteiger partial charge in [0, 0.05) is 18.7 Å². The number of carbonyl (C=O) groups is 2. The molecule has 1 saturated heterocycles. The third-order valence-corrected chi connectivity index (χ3v) is 5.21. The average Bonchev–Trinajstić information content (AvgIpc) is 3.19. The van der Waals surface area contributed by atoms with E-state index in [1.807, 2.05) is 4.90 Å². The van der Waals surface area contributed by atoms with Crippen molar-refractivity contribution in [1.82, 2.24) is 10.2 Å². The molecule has 142 valence electrons. The molecule has 3 rings (SSSR count). The number of carbonyl (C=O) groups excluding carboxylic acids is 2. The predicted molar refractivity (Wildman–Crippen MR) is 98.3 cm³/mol. The number of rotatable bonds is 6. The Hall–Kier alpha value is -2.08. The maximum atomic E-state index is 12.4. The normalized spacial score (nSPS) is 18.7. The summed E-state index contributed by atoms with van der Waals surface area (Å²) in [5.41, 5.74) is 0.487. The van der Waals surface area contributed by atoms with Crippen molar-refractivity contribution in [1.29, 1.82) is 0 Å². The lowest BCUT2D eigenvalue weighted by molar-refractivity contribution is -0.133. The quantitative estimate of drug-likeness (QED) is 0.846. The molecule has 0 unspecified atom stereocenters. The molecule has 2 fully saturated rings. The number of likely N-dealkylation sites (tertiary alicyclic amines) is 1. The largest absolute Gasteiger partial charge is 0.497 e. The minimum absolute atomic E-state index is 0.0180. The fraction of sp³-hybridized carbons (Fsp3) is 0.600. The zero-order chi connectivity index (χ0) is 18.4. The summed E-state index contributed by atoms with van der Waals surface area (Å²) in [5.74, 6) is 0.311. The van der Waals surface area contributed by atoms with E-state index in [0.717, 1.165) is 12.8 Å². The minimum atomic E-state index is -0.267. The van der Waals surface area contributed by atoms with Gasteiger partial charge in [-0.25, -0.2) is 0 Å². The van der Waals surface area contributed by atoms with Gasteiger partial charge in [-0.05, 0) is 43.9 Å². The number of nitrogens with zero attached hydrogens (tertiary/aromatic N) is 1. The van der Waals surface area contributed by atoms with Gasteiger partial charge in [0.25, 0.3) is 5.91 Å². The molecule has 1 aliphatic heterocycles. The van der Waals surface area contributed by atoms with Crippen LogP contribution in [0.1, 0.15) is 48.9 Å². The fourth-order valence-electron chi connectivity index (χ4n) is 3.67. The van der Waals surface area contributed by atoms with Gasteiger partial charge in [0.05, 0.1) is 25.9 Å². The van der Waals surface area contributed by atoms with Crippen molar-refractivity contribution in [3.8, 4) is 5.75 Å². The van der Waals surface area contributed by atoms with Crippen molar-refractivity contribution in [3.05, 3.63) is 29.8 Å². The molecule has 1 saturated carbocycles. The Labute approximate surface area is 154 Å². The van der Waals surface area contributed by atoms with Crippen molar-refractivity contribution < 1.29 is 19.1 Å². The molecular formula is C20H28N2O4. The van der Waals surface area contributed by atoms with Crippen molar-refractivity contribution in [2.45, 2.75) is 50.7 Å². The second-order valence-corrected chi connectivity index (χ2v) is 7.04. The molecule has 0 atom stereocenters. The summed E-state index contributed by atoms with van der Waals surface area (Å²) >= 11 is 0. The van der Waals surface area contributed by atoms with Crippen LogP contribution in [0.4, 0.5) is 0 Å². The summed E-state index contributed by atoms with van der Waals surface area (Å²) in [7, 11) is 1.56. The molecule has 1 aliphatic carbocycles. The second-order valence-electron chi connectivity index (χ2n) is 7.04. The molecule has 0 aromatic heterocycles. The van der Waals surface area contributed by atoms with E-state index in [9.17, 15) is 9.59 Å². The van der Waals surface area contributed by atoms with Crippen molar-refractivity contribution >= 4 is 11.8 Å². The van der Waals surface area contributed by atoms with Crippen LogP contribution >= 0.6 is 0 Å². The molecule has 6 nitrogen and oxygen atoms in total. The van der Waals surface area contributed by atoms with E-state index >= 15 is 0 Å². The van der Waals surface area contributed by atoms with E-state index in [1.165, 1.54) is 25.7 Å². The van der Waals surface area contributed by atoms with Gasteiger partial charge in [0.1, 0.15) is 5.75 Å². The van der Waals surface area contributed by atoms with Gasteiger partial charge >= 0.3 is 0 Å². The molecule has 6 heteroatoms. The number of piperidine rings is 1. The van der Waals surface area contributed by atoms with E-state index in [0.29, 0.717) is 30.5 Å². The minimum Gasteiger partial charge on any atom is -0.497 e. The Morgan fingerprint density at radius 3 is 2.50 bits per heavy atom. The first-order valence-corrected chi connectivity index (χ1v) is 9.51. The highest BCUT2D eigenvalue weighted by atomic mass is 16.5. The van der Waals surface area contributed by atoms with E-state index in [1.54, 1.807) is 31.4 Å². The van der Waals surface area contributed by atoms with Crippen molar-refractivity contribution in [3.63, 3.8) is 0 Å². The number of nitrogens with one attached hydrogen (secondary N) is 1. The zero-order valence-corrected chi connectivity index (χ0v) is 15.4. The number of hydrogen-bond donors (Lipinski definition) is 1. The first kappa shape index (κ1) is 18.7. The van der Waals surface area contributed by atoms with E-state index in [-0.39, 0.29) is 24.5 Å². The van der Waals surface area contributed by atoms with Crippen LogP contribution in [0.2, 0.25) is 0 Å². The molecular weight excluding hydrogens is 332 g/mol. The highest BCUT2D eigenvalue weighted by molar-refractivity contribution is 5.96. The summed E-state index contributed by atoms with van der Waals surface area (Å²) in [6, 6.07) is 6.89. The summed E-state index contributed by atoms with van der Waals surface area (Å²) in [6.45, 7) is 1.42. The van der Waals surface area contributed by atoms with Gasteiger partial charge in [0.2, 0.25) is 5.91 Å². The summed E-state index contributed by atoms with van der Waals surface area (Å²) in [5, 5.41) is 2.70. The van der Waals surface area contributed by atoms with Gasteiger partial charge < -0.3 is 19.7 Å². The number of methoxy groups -OCH3 is 1. The topological polar surface area (TPSA) is 67.9 Å². The van der Waals surface area contributed by atoms with Crippen LogP contribution in [0.3, 0.4) is 0 Å². The molecule has 26 heavy (non-hydrogen) atoms. The van der Waals surface area contributed by atoms with Crippen LogP contribution in [0, 0.1) is 0 Å². The number of hydrogen-bond acceptors (Lipinski definition) is 4. The molecule has 1 aromatic carbocycles. The summed E-state index contributed by atoms with van der Waals surface area (Å²) < 4.78 is 11.3. The molecule has 0 bridgehead atoms. The third-order valence-electron chi connectivity index (χ3n) is 5.21. The third kappa shape index (κ3) is 4.97. The Kier molecular flexibility index (Phi) is 6.50. The van der Waals surface area contributed by atoms with Crippen LogP contribution in [-0.4, -0.2) is 55.7 Å². The van der Waals surface area contributed by atoms with Gasteiger partial charge in [0.15, 0.2) is 0 Å². The monoisotopic (exact) mass is 360 g/mol. The number of ether oxygens (including phenoxy) is 2. The predicted octanol–water partition coefficient (Wildman–Crippen LogP) is 2.38. The maximum absolute atomic E-state index is 12.4. The fourth-order valence-corrected chi connectivity index (χ4v) is 3.67. The maximum Gasteiger partial charge on any atom is 0.251 e. The molecule has 1 heterocycles. The number of benzene rings is 1. The van der Waals surface area contributed by atoms with Crippen LogP contribution in [0.25, 0.3) is 0 Å². The Morgan fingerprint density at radius 1 is 1.12 bits per heavy atom. The van der Waals surface area contributed by atoms with Crippen molar-refractivity contribution in [2.24, 2.45) is 0 Å². The molecule has 1 aromatic rings. The molecule has 0 spiro atoms. The van der Waals surface area contributed by atoms with Crippen LogP contribution in [0.5, 0.6) is 5.75 Å². The standard InChI is InChI=1S/C20H28N2O4/c1-25-18-8-4-5-15(13-18)20(24)21-14-19(23)22-11-9-17(10-12-22)26-16-6-2-3-7-16/h4-5,8,13,16-17H,2-3,6-7,9-12,14H2,1H3,(H,21,24). The first-order valence-electron chi connectivity index (χ1n) is 9.51. The number of amides is 2. The van der Waals surface area contributed by atoms with E-state index < -0.39 is 0 Å². The lowest BCUT2D eigenvalue weighted by Crippen LogP contribution is -2.45. The van der Waals surface area contributed by atoms with Crippen LogP contribution in [0.15, 0.2) is 24.3 Å². The van der Waals surface area contributed by atoms with Gasteiger partial charge in [-0.2, -0.15) is 0 Å². The highest BCUT2D eigenvalue weighted by Crippen LogP contribution is 2.25. The smallest absolute Gasteiger partial charge is 0.251 e. The van der Waals surface area contributed by atoms with Crippen molar-refractivity contribution in [2.75, 3.05) is 26.7 Å². The van der Waals surface area contributed by atoms with Gasteiger partial charge in [-0.15, -0.1) is 0 Å². The Balaban J connectivity index is 1.40. The molecule has 0 radical (unpaired) electrons. The first-order chi connectivity index (χ1) is 12.7. The molecule has 2 amide bonds. The molecule has 2 aliphatic rings. The SMILES string of the molecule is COc1cccc(C(=O)NCC(=O)N2CCC(OC3CCCC3)CC2)c1. The van der Waals surface area contributed by atoms with E-state index in [2.05, 4.69) is 5.32 Å². The van der Waals surface area contributed by atoms with E-state index in [4.69, 9.17) is 9.47 Å². The summed E-state index contributed by atoms with van der Waals surface area (Å²) in [4.78, 5) is 26.4. The Bertz CT molecular complexity index is 620. The Morgan fingerprint density at radius 2 is 1.81 bits per heavy atom. The van der Waals surface area contributed by atoms with Crippen LogP contribution in [-0.2, 0) is 9.53 Å². The highest BCUT2D eigenvalue weighted by Gasteiger charge is 2.26. The van der Waals surface area contributed by atoms with Crippen LogP contribution < -0.4 is 10.1 Å². The summed E-state index contributed by atoms with van der Waals surface area (Å²) in [6.07, 6.45) is 7.35. The lowest BCUT2D eigenvalue weighted by Gasteiger charge is -2.33. The lowest BCUT2D eigenvalue weighted by atomic mass is 10.1. The second kappa shape index (κ2) is 9.03. The van der Waals surface area contributed by atoms with Gasteiger partial charge in [-0.3, -0.25) is 9.59 Å². The average molecular weight is 360 g/mol. The van der Waals surface area contributed by atoms with Gasteiger partial charge in [-0.1, -0.05) is 18.9 Å². The zero-order valence-electron chi connectivity index (χ0n) is 15.4. The molecule has 1 N–H and O–H groups in total.